The van der Waals surface area contributed by atoms with Crippen molar-refractivity contribution in [2.24, 2.45) is 5.73 Å². The summed E-state index contributed by atoms with van der Waals surface area (Å²) in [6, 6.07) is 10.0. The minimum absolute atomic E-state index is 0.00457. The smallest absolute Gasteiger partial charge is 0.225 e. The van der Waals surface area contributed by atoms with Gasteiger partial charge in [-0.25, -0.2) is 0 Å². The number of hydrogen-bond acceptors (Lipinski definition) is 7. The van der Waals surface area contributed by atoms with Gasteiger partial charge in [0.1, 0.15) is 0 Å². The van der Waals surface area contributed by atoms with Gasteiger partial charge in [-0.1, -0.05) is 18.2 Å². The van der Waals surface area contributed by atoms with Gasteiger partial charge < -0.3 is 37.2 Å². The van der Waals surface area contributed by atoms with Gasteiger partial charge in [-0.15, -0.1) is 0 Å². The Morgan fingerprint density at radius 2 is 1.43 bits per heavy atom. The number of rotatable bonds is 22. The third-order valence-corrected chi connectivity index (χ3v) is 5.84. The molecule has 35 heavy (non-hydrogen) atoms. The Morgan fingerprint density at radius 1 is 0.829 bits per heavy atom. The molecule has 0 fully saturated rings. The van der Waals surface area contributed by atoms with Crippen molar-refractivity contribution in [3.8, 4) is 0 Å². The number of carbonyl (C=O) groups is 1. The maximum atomic E-state index is 12.1. The van der Waals surface area contributed by atoms with E-state index in [0.29, 0.717) is 26.1 Å². The Morgan fingerprint density at radius 3 is 2.11 bits per heavy atom. The topological polar surface area (TPSA) is 130 Å². The molecule has 0 saturated heterocycles. The fourth-order valence-corrected chi connectivity index (χ4v) is 3.89. The van der Waals surface area contributed by atoms with Gasteiger partial charge in [0.2, 0.25) is 5.91 Å². The summed E-state index contributed by atoms with van der Waals surface area (Å²) in [7, 11) is 0. The molecule has 0 atom stereocenters. The number of hydrogen-bond donors (Lipinski definition) is 7. The summed E-state index contributed by atoms with van der Waals surface area (Å²) in [4.78, 5) is 15.4. The Hall–Kier alpha value is -2.01. The number of carbonyl (C=O) groups excluding carboxylic acids is 1. The van der Waals surface area contributed by atoms with Crippen molar-refractivity contribution in [2.45, 2.75) is 44.9 Å². The second kappa shape index (κ2) is 19.2. The average molecular weight is 490 g/mol. The van der Waals surface area contributed by atoms with Crippen LogP contribution in [-0.2, 0) is 11.2 Å². The highest BCUT2D eigenvalue weighted by atomic mass is 16.5. The molecule has 1 aromatic carbocycles. The Bertz CT molecular complexity index is 766. The van der Waals surface area contributed by atoms with Gasteiger partial charge in [-0.3, -0.25) is 4.79 Å². The third kappa shape index (κ3) is 14.2. The van der Waals surface area contributed by atoms with Gasteiger partial charge in [0.15, 0.2) is 0 Å². The molecule has 0 bridgehead atoms. The van der Waals surface area contributed by atoms with E-state index in [2.05, 4.69) is 26.3 Å². The zero-order valence-corrected chi connectivity index (χ0v) is 21.3. The van der Waals surface area contributed by atoms with Crippen LogP contribution < -0.4 is 27.0 Å². The number of aromatic amines is 1. The number of unbranched alkanes of at least 4 members (excludes halogenated alkanes) is 1. The van der Waals surface area contributed by atoms with Crippen molar-refractivity contribution in [1.29, 1.82) is 0 Å². The Labute approximate surface area is 210 Å². The normalized spacial score (nSPS) is 11.5. The van der Waals surface area contributed by atoms with Crippen molar-refractivity contribution >= 4 is 16.8 Å². The van der Waals surface area contributed by atoms with Crippen LogP contribution in [0.5, 0.6) is 0 Å². The van der Waals surface area contributed by atoms with Gasteiger partial charge in [0, 0.05) is 30.8 Å². The Kier molecular flexibility index (Phi) is 16.0. The van der Waals surface area contributed by atoms with Crippen LogP contribution in [-0.4, -0.2) is 86.6 Å². The molecule has 0 radical (unpaired) electrons. The van der Waals surface area contributed by atoms with Gasteiger partial charge in [-0.2, -0.15) is 5.06 Å². The summed E-state index contributed by atoms with van der Waals surface area (Å²) < 4.78 is 0. The van der Waals surface area contributed by atoms with Crippen molar-refractivity contribution in [3.05, 3.63) is 36.0 Å². The van der Waals surface area contributed by atoms with Crippen LogP contribution in [0.3, 0.4) is 0 Å². The predicted octanol–water partition coefficient (Wildman–Crippen LogP) is 1.59. The van der Waals surface area contributed by atoms with Crippen molar-refractivity contribution in [1.82, 2.24) is 31.3 Å². The van der Waals surface area contributed by atoms with Gasteiger partial charge in [0.05, 0.1) is 6.42 Å². The number of nitrogens with one attached hydrogen (secondary N) is 5. The lowest BCUT2D eigenvalue weighted by Gasteiger charge is -2.15. The van der Waals surface area contributed by atoms with Crippen molar-refractivity contribution < 1.29 is 10.0 Å². The molecule has 1 heterocycles. The van der Waals surface area contributed by atoms with Gasteiger partial charge >= 0.3 is 0 Å². The number of hydroxylamine groups is 2. The first-order valence-corrected chi connectivity index (χ1v) is 13.3. The van der Waals surface area contributed by atoms with Crippen LogP contribution in [0.4, 0.5) is 0 Å². The molecule has 9 heteroatoms. The van der Waals surface area contributed by atoms with E-state index in [1.807, 2.05) is 30.3 Å². The lowest BCUT2D eigenvalue weighted by atomic mass is 10.2. The molecule has 0 aliphatic heterocycles. The molecule has 198 valence electrons. The van der Waals surface area contributed by atoms with Crippen LogP contribution in [0.2, 0.25) is 0 Å². The first kappa shape index (κ1) is 29.2. The molecule has 0 aliphatic carbocycles. The summed E-state index contributed by atoms with van der Waals surface area (Å²) in [6.45, 7) is 8.59. The Balaban J connectivity index is 1.33. The minimum Gasteiger partial charge on any atom is -0.358 e. The lowest BCUT2D eigenvalue weighted by molar-refractivity contribution is -0.120. The minimum atomic E-state index is -0.00457. The first-order valence-electron chi connectivity index (χ1n) is 13.3. The highest BCUT2D eigenvalue weighted by Gasteiger charge is 2.07. The number of fused-ring (bicyclic) bond motifs is 1. The van der Waals surface area contributed by atoms with Gasteiger partial charge in [-0.05, 0) is 102 Å². The monoisotopic (exact) mass is 489 g/mol. The maximum absolute atomic E-state index is 12.1. The summed E-state index contributed by atoms with van der Waals surface area (Å²) in [5, 5.41) is 25.7. The molecule has 1 aromatic heterocycles. The molecular weight excluding hydrogens is 442 g/mol. The number of H-pyrrole nitrogens is 1. The zero-order chi connectivity index (χ0) is 25.0. The second-order valence-electron chi connectivity index (χ2n) is 9.02. The molecule has 1 amide bonds. The van der Waals surface area contributed by atoms with Crippen molar-refractivity contribution in [2.75, 3.05) is 65.4 Å². The molecule has 2 rings (SSSR count). The third-order valence-electron chi connectivity index (χ3n) is 5.84. The fourth-order valence-electron chi connectivity index (χ4n) is 3.89. The number of para-hydroxylation sites is 1. The molecule has 0 saturated carbocycles. The zero-order valence-electron chi connectivity index (χ0n) is 21.3. The molecule has 0 unspecified atom stereocenters. The quantitative estimate of drug-likeness (QED) is 0.0987. The molecule has 0 spiro atoms. The molecule has 9 nitrogen and oxygen atoms in total. The van der Waals surface area contributed by atoms with Crippen LogP contribution in [0.1, 0.15) is 44.2 Å². The van der Waals surface area contributed by atoms with E-state index in [4.69, 9.17) is 5.73 Å². The largest absolute Gasteiger partial charge is 0.358 e. The lowest BCUT2D eigenvalue weighted by Crippen LogP contribution is -2.31. The van der Waals surface area contributed by atoms with E-state index in [1.54, 1.807) is 0 Å². The second-order valence-corrected chi connectivity index (χ2v) is 9.02. The van der Waals surface area contributed by atoms with E-state index >= 15 is 0 Å². The standard InChI is InChI=1S/C26H47N7O2/c27-11-5-14-28-12-3-4-13-29-15-6-16-30-17-7-19-33(35)20-8-18-31-26(34)22-24-21-23-9-1-2-10-25(23)32-24/h1-2,9-10,21,28-30,32,35H,3-8,11-20,22,27H2,(H,31,34). The number of benzene rings is 1. The maximum Gasteiger partial charge on any atom is 0.225 e. The van der Waals surface area contributed by atoms with E-state index in [9.17, 15) is 10.0 Å². The summed E-state index contributed by atoms with van der Waals surface area (Å²) in [6.07, 6.45) is 6.51. The highest BCUT2D eigenvalue weighted by Crippen LogP contribution is 2.14. The first-order chi connectivity index (χ1) is 17.2. The molecule has 8 N–H and O–H groups in total. The fraction of sp³-hybridized carbons (Fsp3) is 0.654. The summed E-state index contributed by atoms with van der Waals surface area (Å²) in [5.74, 6) is -0.00457. The summed E-state index contributed by atoms with van der Waals surface area (Å²) >= 11 is 0. The van der Waals surface area contributed by atoms with Crippen LogP contribution >= 0.6 is 0 Å². The molecule has 2 aromatic rings. The molecular formula is C26H47N7O2. The number of nitrogens with zero attached hydrogens (tertiary/aromatic N) is 1. The van der Waals surface area contributed by atoms with Crippen molar-refractivity contribution in [3.63, 3.8) is 0 Å². The van der Waals surface area contributed by atoms with Gasteiger partial charge in [0.25, 0.3) is 0 Å². The summed E-state index contributed by atoms with van der Waals surface area (Å²) in [5.41, 5.74) is 7.43. The number of amides is 1. The van der Waals surface area contributed by atoms with Crippen LogP contribution in [0.25, 0.3) is 10.9 Å². The number of aromatic nitrogens is 1. The molecule has 0 aliphatic rings. The van der Waals surface area contributed by atoms with Crippen LogP contribution in [0, 0.1) is 0 Å². The van der Waals surface area contributed by atoms with E-state index in [0.717, 1.165) is 88.1 Å². The highest BCUT2D eigenvalue weighted by molar-refractivity contribution is 5.84. The van der Waals surface area contributed by atoms with E-state index in [1.165, 1.54) is 17.9 Å². The SMILES string of the molecule is NCCCNCCCCNCCCNCCCN(O)CCCNC(=O)Cc1cc2ccccc2[nH]1. The van der Waals surface area contributed by atoms with E-state index < -0.39 is 0 Å². The average Bonchev–Trinajstić information content (AvgIpc) is 3.26. The predicted molar refractivity (Wildman–Crippen MR) is 144 cm³/mol. The van der Waals surface area contributed by atoms with Crippen LogP contribution in [0.15, 0.2) is 30.3 Å². The number of nitrogens with two attached hydrogens (primary N) is 1. The van der Waals surface area contributed by atoms with E-state index in [-0.39, 0.29) is 5.91 Å².